The molecule has 1 saturated heterocycles. The molecule has 1 amide bonds. The Hall–Kier alpha value is -1.10. The van der Waals surface area contributed by atoms with E-state index >= 15 is 0 Å². The molecule has 0 radical (unpaired) electrons. The van der Waals surface area contributed by atoms with E-state index in [1.165, 1.54) is 0 Å². The number of hydrogen-bond donors (Lipinski definition) is 2. The standard InChI is InChI=1S/C13H24N2O3/c1-12(2,3)9(14)10(16)15-7-5-13(4,6-8-15)11(17)18/h9H,5-8,14H2,1-4H3,(H,17,18). The van der Waals surface area contributed by atoms with Gasteiger partial charge in [0, 0.05) is 13.1 Å². The molecule has 1 rings (SSSR count). The molecule has 1 heterocycles. The van der Waals surface area contributed by atoms with Crippen LogP contribution in [0.2, 0.25) is 0 Å². The molecule has 1 unspecified atom stereocenters. The van der Waals surface area contributed by atoms with Crippen LogP contribution >= 0.6 is 0 Å². The first-order chi connectivity index (χ1) is 8.08. The van der Waals surface area contributed by atoms with Crippen molar-refractivity contribution in [3.63, 3.8) is 0 Å². The summed E-state index contributed by atoms with van der Waals surface area (Å²) in [6.07, 6.45) is 0.982. The van der Waals surface area contributed by atoms with Crippen LogP contribution < -0.4 is 5.73 Å². The van der Waals surface area contributed by atoms with E-state index in [1.807, 2.05) is 20.8 Å². The molecule has 0 bridgehead atoms. The number of carboxylic acids is 1. The summed E-state index contributed by atoms with van der Waals surface area (Å²) in [5, 5.41) is 9.13. The Morgan fingerprint density at radius 2 is 1.72 bits per heavy atom. The highest BCUT2D eigenvalue weighted by Crippen LogP contribution is 2.32. The van der Waals surface area contributed by atoms with Crippen LogP contribution in [0, 0.1) is 10.8 Å². The summed E-state index contributed by atoms with van der Waals surface area (Å²) in [7, 11) is 0. The van der Waals surface area contributed by atoms with Gasteiger partial charge in [-0.15, -0.1) is 0 Å². The van der Waals surface area contributed by atoms with Crippen molar-refractivity contribution < 1.29 is 14.7 Å². The van der Waals surface area contributed by atoms with Crippen LogP contribution in [0.3, 0.4) is 0 Å². The fourth-order valence-electron chi connectivity index (χ4n) is 2.00. The van der Waals surface area contributed by atoms with Crippen molar-refractivity contribution in [2.75, 3.05) is 13.1 Å². The maximum Gasteiger partial charge on any atom is 0.309 e. The van der Waals surface area contributed by atoms with Crippen molar-refractivity contribution in [1.82, 2.24) is 4.90 Å². The minimum atomic E-state index is -0.783. The van der Waals surface area contributed by atoms with Crippen molar-refractivity contribution in [1.29, 1.82) is 0 Å². The first kappa shape index (κ1) is 15.0. The van der Waals surface area contributed by atoms with Crippen LogP contribution in [0.15, 0.2) is 0 Å². The first-order valence-corrected chi connectivity index (χ1v) is 6.36. The first-order valence-electron chi connectivity index (χ1n) is 6.36. The molecule has 0 saturated carbocycles. The third-order valence-corrected chi connectivity index (χ3v) is 3.89. The summed E-state index contributed by atoms with van der Waals surface area (Å²) in [4.78, 5) is 25.0. The molecule has 0 aromatic heterocycles. The Balaban J connectivity index is 2.64. The average Bonchev–Trinajstić information content (AvgIpc) is 2.26. The number of carboxylic acid groups (broad SMARTS) is 1. The number of aliphatic carboxylic acids is 1. The zero-order valence-electron chi connectivity index (χ0n) is 11.7. The molecule has 1 aliphatic heterocycles. The topological polar surface area (TPSA) is 83.6 Å². The van der Waals surface area contributed by atoms with E-state index in [-0.39, 0.29) is 11.3 Å². The Morgan fingerprint density at radius 3 is 2.06 bits per heavy atom. The van der Waals surface area contributed by atoms with E-state index in [0.717, 1.165) is 0 Å². The van der Waals surface area contributed by atoms with Gasteiger partial charge in [-0.1, -0.05) is 20.8 Å². The molecule has 1 fully saturated rings. The molecule has 0 aliphatic carbocycles. The molecule has 104 valence electrons. The lowest BCUT2D eigenvalue weighted by atomic mass is 9.79. The quantitative estimate of drug-likeness (QED) is 0.774. The Labute approximate surface area is 108 Å². The minimum Gasteiger partial charge on any atom is -0.481 e. The van der Waals surface area contributed by atoms with Gasteiger partial charge in [-0.05, 0) is 25.2 Å². The zero-order valence-corrected chi connectivity index (χ0v) is 11.7. The van der Waals surface area contributed by atoms with Gasteiger partial charge in [0.25, 0.3) is 0 Å². The minimum absolute atomic E-state index is 0.0741. The molecule has 0 spiro atoms. The van der Waals surface area contributed by atoms with E-state index in [4.69, 9.17) is 10.8 Å². The lowest BCUT2D eigenvalue weighted by molar-refractivity contribution is -0.153. The lowest BCUT2D eigenvalue weighted by Crippen LogP contribution is -2.54. The predicted molar refractivity (Wildman–Crippen MR) is 69.0 cm³/mol. The van der Waals surface area contributed by atoms with Crippen molar-refractivity contribution in [2.45, 2.75) is 46.6 Å². The van der Waals surface area contributed by atoms with Crippen molar-refractivity contribution in [3.05, 3.63) is 0 Å². The van der Waals surface area contributed by atoms with E-state index in [9.17, 15) is 9.59 Å². The van der Waals surface area contributed by atoms with Gasteiger partial charge in [-0.2, -0.15) is 0 Å². The molecule has 3 N–H and O–H groups in total. The fraction of sp³-hybridized carbons (Fsp3) is 0.846. The number of amides is 1. The maximum atomic E-state index is 12.2. The number of rotatable bonds is 2. The van der Waals surface area contributed by atoms with E-state index in [0.29, 0.717) is 25.9 Å². The third-order valence-electron chi connectivity index (χ3n) is 3.89. The van der Waals surface area contributed by atoms with Gasteiger partial charge in [0.1, 0.15) is 0 Å². The summed E-state index contributed by atoms with van der Waals surface area (Å²) < 4.78 is 0. The van der Waals surface area contributed by atoms with Gasteiger partial charge in [0.15, 0.2) is 0 Å². The largest absolute Gasteiger partial charge is 0.481 e. The van der Waals surface area contributed by atoms with Gasteiger partial charge in [0.05, 0.1) is 11.5 Å². The zero-order chi connectivity index (χ0) is 14.1. The molecule has 1 atom stereocenters. The highest BCUT2D eigenvalue weighted by atomic mass is 16.4. The number of nitrogens with zero attached hydrogens (tertiary/aromatic N) is 1. The summed E-state index contributed by atoms with van der Waals surface area (Å²) in [5.74, 6) is -0.857. The molecule has 0 aromatic carbocycles. The number of piperidine rings is 1. The van der Waals surface area contributed by atoms with Crippen LogP contribution in [0.5, 0.6) is 0 Å². The number of likely N-dealkylation sites (tertiary alicyclic amines) is 1. The normalized spacial score (nSPS) is 21.5. The van der Waals surface area contributed by atoms with Crippen molar-refractivity contribution >= 4 is 11.9 Å². The Morgan fingerprint density at radius 1 is 1.28 bits per heavy atom. The van der Waals surface area contributed by atoms with Gasteiger partial charge in [-0.25, -0.2) is 0 Å². The molecule has 5 nitrogen and oxygen atoms in total. The summed E-state index contributed by atoms with van der Waals surface area (Å²) in [6, 6.07) is -0.535. The molecular weight excluding hydrogens is 232 g/mol. The van der Waals surface area contributed by atoms with Crippen LogP contribution in [-0.2, 0) is 9.59 Å². The lowest BCUT2D eigenvalue weighted by Gasteiger charge is -2.39. The number of nitrogens with two attached hydrogens (primary N) is 1. The number of hydrogen-bond acceptors (Lipinski definition) is 3. The monoisotopic (exact) mass is 256 g/mol. The van der Waals surface area contributed by atoms with Crippen LogP contribution in [0.25, 0.3) is 0 Å². The summed E-state index contributed by atoms with van der Waals surface area (Å²) in [6.45, 7) is 8.49. The summed E-state index contributed by atoms with van der Waals surface area (Å²) >= 11 is 0. The second-order valence-electron chi connectivity index (χ2n) is 6.53. The second-order valence-corrected chi connectivity index (χ2v) is 6.53. The Kier molecular flexibility index (Phi) is 4.05. The molecule has 1 aliphatic rings. The van der Waals surface area contributed by atoms with Gasteiger partial charge >= 0.3 is 5.97 Å². The van der Waals surface area contributed by atoms with Gasteiger partial charge in [-0.3, -0.25) is 9.59 Å². The van der Waals surface area contributed by atoms with E-state index in [1.54, 1.807) is 11.8 Å². The van der Waals surface area contributed by atoms with E-state index in [2.05, 4.69) is 0 Å². The molecular formula is C13H24N2O3. The summed E-state index contributed by atoms with van der Waals surface area (Å²) in [5.41, 5.74) is 4.97. The predicted octanol–water partition coefficient (Wildman–Crippen LogP) is 1.07. The van der Waals surface area contributed by atoms with Crippen LogP contribution in [0.1, 0.15) is 40.5 Å². The molecule has 0 aromatic rings. The highest BCUT2D eigenvalue weighted by Gasteiger charge is 2.40. The number of carbonyl (C=O) groups excluding carboxylic acids is 1. The van der Waals surface area contributed by atoms with Crippen LogP contribution in [0.4, 0.5) is 0 Å². The molecule has 5 heteroatoms. The maximum absolute atomic E-state index is 12.2. The van der Waals surface area contributed by atoms with Crippen molar-refractivity contribution in [2.24, 2.45) is 16.6 Å². The fourth-order valence-corrected chi connectivity index (χ4v) is 2.00. The second kappa shape index (κ2) is 4.88. The Bertz CT molecular complexity index is 339. The smallest absolute Gasteiger partial charge is 0.309 e. The number of carbonyl (C=O) groups is 2. The third kappa shape index (κ3) is 3.02. The van der Waals surface area contributed by atoms with Crippen molar-refractivity contribution in [3.8, 4) is 0 Å². The highest BCUT2D eigenvalue weighted by molar-refractivity contribution is 5.83. The SMILES string of the molecule is CC1(C(=O)O)CCN(C(=O)C(N)C(C)(C)C)CC1. The van der Waals surface area contributed by atoms with E-state index < -0.39 is 17.4 Å². The van der Waals surface area contributed by atoms with Gasteiger partial charge < -0.3 is 15.7 Å². The van der Waals surface area contributed by atoms with Crippen LogP contribution in [-0.4, -0.2) is 41.0 Å². The molecule has 18 heavy (non-hydrogen) atoms. The average molecular weight is 256 g/mol. The van der Waals surface area contributed by atoms with Gasteiger partial charge in [0.2, 0.25) is 5.91 Å².